The number of urea groups is 1. The molecule has 14 heteroatoms. The summed E-state index contributed by atoms with van der Waals surface area (Å²) in [5.41, 5.74) is 4.67. The van der Waals surface area contributed by atoms with Crippen molar-refractivity contribution in [3.8, 4) is 0 Å². The van der Waals surface area contributed by atoms with Crippen molar-refractivity contribution in [3.05, 3.63) is 39.0 Å². The van der Waals surface area contributed by atoms with Gasteiger partial charge in [0.25, 0.3) is 0 Å². The predicted molar refractivity (Wildman–Crippen MR) is 203 cm³/mol. The zero-order valence-corrected chi connectivity index (χ0v) is 35.3. The van der Waals surface area contributed by atoms with E-state index in [0.29, 0.717) is 14.9 Å². The van der Waals surface area contributed by atoms with Crippen LogP contribution in [0, 0.1) is 0 Å². The summed E-state index contributed by atoms with van der Waals surface area (Å²) in [7, 11) is -8.57. The van der Waals surface area contributed by atoms with Gasteiger partial charge in [0.2, 0.25) is 0 Å². The van der Waals surface area contributed by atoms with Crippen LogP contribution in [-0.2, 0) is 61.7 Å². The van der Waals surface area contributed by atoms with Crippen molar-refractivity contribution < 1.29 is 28.0 Å². The number of hydrogen-bond acceptors (Lipinski definition) is 9. The largest absolute Gasteiger partial charge is 0.411 e. The van der Waals surface area contributed by atoms with Crippen molar-refractivity contribution in [2.24, 2.45) is 4.03 Å². The van der Waals surface area contributed by atoms with Crippen molar-refractivity contribution in [1.82, 2.24) is 9.71 Å². The van der Waals surface area contributed by atoms with Crippen LogP contribution in [0.25, 0.3) is 0 Å². The predicted octanol–water partition coefficient (Wildman–Crippen LogP) is 8.18. The molecule has 0 spiro atoms. The van der Waals surface area contributed by atoms with Gasteiger partial charge in [-0.15, -0.1) is 11.3 Å². The van der Waals surface area contributed by atoms with Gasteiger partial charge in [-0.3, -0.25) is 4.03 Å². The molecular formula is C35H58N4O6S2Si2. The second kappa shape index (κ2) is 13.1. The number of benzene rings is 1. The van der Waals surface area contributed by atoms with Crippen LogP contribution in [0.15, 0.2) is 14.3 Å². The molecule has 10 nitrogen and oxygen atoms in total. The first-order valence-electron chi connectivity index (χ1n) is 17.5. The van der Waals surface area contributed by atoms with Gasteiger partial charge in [-0.05, 0) is 111 Å². The van der Waals surface area contributed by atoms with Crippen LogP contribution >= 0.6 is 11.3 Å². The first-order valence-corrected chi connectivity index (χ1v) is 25.7. The maximum Gasteiger partial charge on any atom is 0.331 e. The van der Waals surface area contributed by atoms with Gasteiger partial charge in [-0.1, -0.05) is 47.6 Å². The Morgan fingerprint density at radius 2 is 1.55 bits per heavy atom. The summed E-state index contributed by atoms with van der Waals surface area (Å²) in [6.45, 7) is 24.8. The summed E-state index contributed by atoms with van der Waals surface area (Å²) < 4.78 is 42.3. The van der Waals surface area contributed by atoms with E-state index in [2.05, 4.69) is 83.8 Å². The van der Waals surface area contributed by atoms with Crippen LogP contribution in [0.2, 0.25) is 36.3 Å². The van der Waals surface area contributed by atoms with Crippen molar-refractivity contribution in [3.63, 3.8) is 0 Å². The molecule has 1 atom stereocenters. The number of aromatic nitrogens is 1. The van der Waals surface area contributed by atoms with Gasteiger partial charge in [0, 0.05) is 5.69 Å². The van der Waals surface area contributed by atoms with E-state index >= 15 is 4.21 Å². The Hall–Kier alpha value is -1.66. The van der Waals surface area contributed by atoms with Gasteiger partial charge in [-0.2, -0.15) is 0 Å². The number of aliphatic hydroxyl groups is 1. The van der Waals surface area contributed by atoms with Crippen molar-refractivity contribution in [1.29, 1.82) is 0 Å². The standard InChI is InChI=1S/C35H58N4O6S2Si2/c1-32(2,3)48(9,10)39-47(42,38-31(40)37-28-25-17-13-15-23(25)19-24-16-14-18-26(24)28)29-27(20-45-49(11,12)33(4,5)6)36-30(46-29)35(41)21-43-34(7,8)44-22-35/h19,41H,13-18,20-22H2,1-12H3,(H2,37,38,39,40,42). The summed E-state index contributed by atoms with van der Waals surface area (Å²) >= 11 is 1.09. The van der Waals surface area contributed by atoms with E-state index in [1.165, 1.54) is 22.3 Å². The van der Waals surface area contributed by atoms with Gasteiger partial charge in [0.05, 0.1) is 25.5 Å². The molecule has 1 aromatic heterocycles. The van der Waals surface area contributed by atoms with Crippen molar-refractivity contribution in [2.45, 2.75) is 152 Å². The van der Waals surface area contributed by atoms with E-state index in [0.717, 1.165) is 55.5 Å². The third kappa shape index (κ3) is 7.91. The molecule has 3 N–H and O–H groups in total. The molecule has 2 aromatic rings. The van der Waals surface area contributed by atoms with Crippen LogP contribution in [0.4, 0.5) is 10.5 Å². The lowest BCUT2D eigenvalue weighted by molar-refractivity contribution is -0.304. The third-order valence-electron chi connectivity index (χ3n) is 11.1. The van der Waals surface area contributed by atoms with Gasteiger partial charge >= 0.3 is 6.03 Å². The minimum atomic E-state index is -3.63. The zero-order chi connectivity index (χ0) is 36.4. The normalized spacial score (nSPS) is 20.3. The highest BCUT2D eigenvalue weighted by atomic mass is 32.2. The van der Waals surface area contributed by atoms with Crippen LogP contribution in [0.1, 0.15) is 101 Å². The smallest absolute Gasteiger partial charge is 0.331 e. The Kier molecular flexibility index (Phi) is 10.3. The number of carbonyl (C=O) groups excluding carboxylic acids is 1. The average Bonchev–Trinajstić information content (AvgIpc) is 3.72. The SMILES string of the molecule is CC1(C)OCC(O)(c2nc(CO[Si](C)(C)C(C)(C)C)c(S(=O)(=N[Si](C)(C)C(C)(C)C)NC(=O)Nc3c4c(cc5c3CCC5)CCC4)s2)CO1. The van der Waals surface area contributed by atoms with Crippen LogP contribution in [0.3, 0.4) is 0 Å². The average molecular weight is 751 g/mol. The third-order valence-corrected chi connectivity index (χ3v) is 25.4. The first kappa shape index (κ1) is 38.6. The molecule has 1 saturated heterocycles. The first-order chi connectivity index (χ1) is 22.4. The van der Waals surface area contributed by atoms with Gasteiger partial charge in [0.15, 0.2) is 37.9 Å². The molecule has 0 saturated carbocycles. The Labute approximate surface area is 300 Å². The van der Waals surface area contributed by atoms with Crippen LogP contribution in [0.5, 0.6) is 0 Å². The summed E-state index contributed by atoms with van der Waals surface area (Å²) in [4.78, 5) is 19.1. The fourth-order valence-corrected chi connectivity index (χ4v) is 13.8. The number of ether oxygens (including phenoxy) is 2. The highest BCUT2D eigenvalue weighted by molar-refractivity contribution is 7.95. The molecular weight excluding hydrogens is 693 g/mol. The number of hydrogen-bond donors (Lipinski definition) is 3. The molecule has 49 heavy (non-hydrogen) atoms. The fourth-order valence-electron chi connectivity index (χ4n) is 5.90. The number of thiazole rings is 1. The maximum atomic E-state index is 15.6. The number of aryl methyl sites for hydroxylation is 2. The fraction of sp³-hybridized carbons (Fsp3) is 0.714. The molecule has 2 heterocycles. The lowest BCUT2D eigenvalue weighted by Gasteiger charge is -2.39. The summed E-state index contributed by atoms with van der Waals surface area (Å²) in [5.74, 6) is -0.858. The molecule has 3 aliphatic rings. The Balaban J connectivity index is 1.62. The van der Waals surface area contributed by atoms with E-state index in [-0.39, 0.29) is 29.9 Å². The summed E-state index contributed by atoms with van der Waals surface area (Å²) in [5, 5.41) is 14.9. The molecule has 1 aliphatic heterocycles. The number of nitrogens with zero attached hydrogens (tertiary/aromatic N) is 2. The van der Waals surface area contributed by atoms with Crippen LogP contribution in [-0.4, -0.2) is 55.9 Å². The Bertz CT molecular complexity index is 1690. The summed E-state index contributed by atoms with van der Waals surface area (Å²) in [6.07, 6.45) is 5.95. The number of fused-ring (bicyclic) bond motifs is 2. The lowest BCUT2D eigenvalue weighted by atomic mass is 9.99. The number of nitrogens with one attached hydrogen (secondary N) is 2. The second-order valence-electron chi connectivity index (χ2n) is 17.5. The molecule has 1 unspecified atom stereocenters. The minimum Gasteiger partial charge on any atom is -0.411 e. The highest BCUT2D eigenvalue weighted by Gasteiger charge is 2.45. The molecule has 5 rings (SSSR count). The highest BCUT2D eigenvalue weighted by Crippen LogP contribution is 2.43. The second-order valence-corrected chi connectivity index (χ2v) is 30.6. The maximum absolute atomic E-state index is 15.6. The number of rotatable bonds is 8. The quantitative estimate of drug-likeness (QED) is 0.232. The van der Waals surface area contributed by atoms with E-state index in [9.17, 15) is 9.90 Å². The Morgan fingerprint density at radius 3 is 2.06 bits per heavy atom. The Morgan fingerprint density at radius 1 is 1.00 bits per heavy atom. The molecule has 2 amide bonds. The number of anilines is 1. The molecule has 274 valence electrons. The van der Waals surface area contributed by atoms with E-state index in [1.54, 1.807) is 13.8 Å². The lowest BCUT2D eigenvalue weighted by Crippen LogP contribution is -2.49. The van der Waals surface area contributed by atoms with E-state index in [1.807, 2.05) is 0 Å². The van der Waals surface area contributed by atoms with Gasteiger partial charge in [-0.25, -0.2) is 18.7 Å². The van der Waals surface area contributed by atoms with Gasteiger partial charge in [0.1, 0.15) is 9.22 Å². The van der Waals surface area contributed by atoms with Crippen molar-refractivity contribution in [2.75, 3.05) is 18.5 Å². The molecule has 0 bridgehead atoms. The van der Waals surface area contributed by atoms with Crippen molar-refractivity contribution >= 4 is 49.5 Å². The van der Waals surface area contributed by atoms with Gasteiger partial charge < -0.3 is 24.3 Å². The summed E-state index contributed by atoms with van der Waals surface area (Å²) in [6, 6.07) is 1.76. The van der Waals surface area contributed by atoms with Crippen LogP contribution < -0.4 is 10.0 Å². The molecule has 1 aromatic carbocycles. The molecule has 0 radical (unpaired) electrons. The van der Waals surface area contributed by atoms with E-state index < -0.39 is 43.9 Å². The minimum absolute atomic E-state index is 0.0474. The topological polar surface area (TPSA) is 131 Å². The number of carbonyl (C=O) groups is 1. The molecule has 1 fully saturated rings. The monoisotopic (exact) mass is 750 g/mol. The van der Waals surface area contributed by atoms with E-state index in [4.69, 9.17) is 22.9 Å². The number of amides is 2. The zero-order valence-electron chi connectivity index (χ0n) is 31.6. The molecule has 2 aliphatic carbocycles.